The fraction of sp³-hybridized carbons (Fsp3) is 0.484. The largest absolute Gasteiger partial charge is 0.384 e. The van der Waals surface area contributed by atoms with E-state index in [1.54, 1.807) is 0 Å². The first-order valence-electron chi connectivity index (χ1n) is 12.5. The SMILES string of the molecule is C=C\C(C)=C/C(=C\C)C(/C=C\C(CC)C(C)(C)CNC(=C)C1=C(Br)CCC=C1)=C/CC.CC. The van der Waals surface area contributed by atoms with Gasteiger partial charge >= 0.3 is 0 Å². The smallest absolute Gasteiger partial charge is 0.0348 e. The molecular weight excluding hydrogens is 466 g/mol. The molecule has 0 radical (unpaired) electrons. The van der Waals surface area contributed by atoms with Gasteiger partial charge in [-0.1, -0.05) is 125 Å². The van der Waals surface area contributed by atoms with Crippen LogP contribution in [0.5, 0.6) is 0 Å². The summed E-state index contributed by atoms with van der Waals surface area (Å²) in [6, 6.07) is 0. The van der Waals surface area contributed by atoms with E-state index >= 15 is 0 Å². The number of allylic oxidation sites excluding steroid dienone is 12. The zero-order valence-corrected chi connectivity index (χ0v) is 24.1. The Morgan fingerprint density at radius 1 is 1.24 bits per heavy atom. The lowest BCUT2D eigenvalue weighted by molar-refractivity contribution is 0.249. The van der Waals surface area contributed by atoms with Gasteiger partial charge in [-0.15, -0.1) is 0 Å². The summed E-state index contributed by atoms with van der Waals surface area (Å²) in [5.41, 5.74) is 5.99. The lowest BCUT2D eigenvalue weighted by Crippen LogP contribution is -2.34. The first-order chi connectivity index (χ1) is 15.7. The Bertz CT molecular complexity index is 812. The second kappa shape index (κ2) is 16.8. The van der Waals surface area contributed by atoms with Gasteiger partial charge in [-0.3, -0.25) is 0 Å². The summed E-state index contributed by atoms with van der Waals surface area (Å²) in [5.74, 6) is 0.454. The van der Waals surface area contributed by atoms with Gasteiger partial charge in [0.25, 0.3) is 0 Å². The van der Waals surface area contributed by atoms with Crippen LogP contribution in [0.15, 0.2) is 94.2 Å². The van der Waals surface area contributed by atoms with Crippen molar-refractivity contribution in [1.82, 2.24) is 5.32 Å². The van der Waals surface area contributed by atoms with E-state index in [-0.39, 0.29) is 5.41 Å². The fourth-order valence-corrected chi connectivity index (χ4v) is 4.37. The third kappa shape index (κ3) is 10.8. The number of nitrogens with one attached hydrogen (secondary N) is 1. The second-order valence-electron chi connectivity index (χ2n) is 8.86. The summed E-state index contributed by atoms with van der Waals surface area (Å²) >= 11 is 3.71. The minimum absolute atomic E-state index is 0.0971. The maximum absolute atomic E-state index is 4.29. The first kappa shape index (κ1) is 31.2. The van der Waals surface area contributed by atoms with Crippen molar-refractivity contribution in [3.8, 4) is 0 Å². The summed E-state index contributed by atoms with van der Waals surface area (Å²) in [4.78, 5) is 0. The van der Waals surface area contributed by atoms with Gasteiger partial charge in [-0.05, 0) is 62.0 Å². The van der Waals surface area contributed by atoms with Gasteiger partial charge in [0.05, 0.1) is 0 Å². The van der Waals surface area contributed by atoms with E-state index in [9.17, 15) is 0 Å². The van der Waals surface area contributed by atoms with E-state index in [2.05, 4.69) is 118 Å². The third-order valence-electron chi connectivity index (χ3n) is 5.91. The van der Waals surface area contributed by atoms with Crippen LogP contribution >= 0.6 is 15.9 Å². The van der Waals surface area contributed by atoms with Crippen LogP contribution in [-0.4, -0.2) is 6.54 Å². The molecule has 184 valence electrons. The predicted molar refractivity (Wildman–Crippen MR) is 156 cm³/mol. The molecule has 33 heavy (non-hydrogen) atoms. The van der Waals surface area contributed by atoms with Crippen molar-refractivity contribution in [2.75, 3.05) is 6.54 Å². The summed E-state index contributed by atoms with van der Waals surface area (Å²) in [7, 11) is 0. The Kier molecular flexibility index (Phi) is 15.8. The molecule has 0 saturated heterocycles. The van der Waals surface area contributed by atoms with Crippen LogP contribution in [0, 0.1) is 11.3 Å². The molecule has 0 fully saturated rings. The average molecular weight is 515 g/mol. The van der Waals surface area contributed by atoms with Gasteiger partial charge in [0.2, 0.25) is 0 Å². The molecule has 1 atom stereocenters. The normalized spacial score (nSPS) is 16.5. The molecule has 1 aliphatic carbocycles. The molecule has 0 aromatic heterocycles. The van der Waals surface area contributed by atoms with Gasteiger partial charge in [0, 0.05) is 22.3 Å². The Hall–Kier alpha value is -1.80. The van der Waals surface area contributed by atoms with E-state index in [4.69, 9.17) is 0 Å². The average Bonchev–Trinajstić information content (AvgIpc) is 2.82. The van der Waals surface area contributed by atoms with E-state index in [1.807, 2.05) is 19.9 Å². The minimum atomic E-state index is 0.0971. The van der Waals surface area contributed by atoms with Gasteiger partial charge in [-0.25, -0.2) is 0 Å². The van der Waals surface area contributed by atoms with Crippen molar-refractivity contribution in [2.24, 2.45) is 11.3 Å². The van der Waals surface area contributed by atoms with Crippen molar-refractivity contribution >= 4 is 15.9 Å². The Morgan fingerprint density at radius 3 is 2.42 bits per heavy atom. The first-order valence-corrected chi connectivity index (χ1v) is 13.3. The summed E-state index contributed by atoms with van der Waals surface area (Å²) in [6.45, 7) is 26.4. The number of halogens is 1. The molecule has 0 saturated carbocycles. The third-order valence-corrected chi connectivity index (χ3v) is 6.74. The highest BCUT2D eigenvalue weighted by molar-refractivity contribution is 9.11. The lowest BCUT2D eigenvalue weighted by atomic mass is 9.76. The highest BCUT2D eigenvalue weighted by atomic mass is 79.9. The molecule has 2 heteroatoms. The monoisotopic (exact) mass is 513 g/mol. The number of rotatable bonds is 12. The molecule has 0 bridgehead atoms. The van der Waals surface area contributed by atoms with Crippen LogP contribution < -0.4 is 5.32 Å². The van der Waals surface area contributed by atoms with E-state index in [0.29, 0.717) is 5.92 Å². The van der Waals surface area contributed by atoms with Crippen LogP contribution in [0.1, 0.15) is 81.1 Å². The lowest BCUT2D eigenvalue weighted by Gasteiger charge is -2.33. The molecular formula is C31H48BrN. The van der Waals surface area contributed by atoms with Crippen molar-refractivity contribution < 1.29 is 0 Å². The standard InChI is InChI=1S/C29H42BrN.C2H6/c1-9-15-25(24(11-3)20-22(5)10-2)18-19-26(12-4)29(7,8)21-31-23(6)27-16-13-14-17-28(27)30;1-2/h10-11,13,15-16,18-20,26,31H,2,6,9,12,14,17,21H2,1,3-5,7-8H3;1-2H3/b19-18-,22-20-,24-11+,25-15+;. The molecule has 1 N–H and O–H groups in total. The maximum Gasteiger partial charge on any atom is 0.0348 e. The van der Waals surface area contributed by atoms with Crippen molar-refractivity contribution in [1.29, 1.82) is 0 Å². The fourth-order valence-electron chi connectivity index (χ4n) is 3.77. The number of hydrogen-bond acceptors (Lipinski definition) is 1. The predicted octanol–water partition coefficient (Wildman–Crippen LogP) is 10.1. The summed E-state index contributed by atoms with van der Waals surface area (Å²) in [6.07, 6.45) is 21.9. The topological polar surface area (TPSA) is 12.0 Å². The van der Waals surface area contributed by atoms with Crippen LogP contribution in [0.3, 0.4) is 0 Å². The highest BCUT2D eigenvalue weighted by Gasteiger charge is 2.26. The zero-order chi connectivity index (χ0) is 25.4. The zero-order valence-electron chi connectivity index (χ0n) is 22.5. The minimum Gasteiger partial charge on any atom is -0.384 e. The van der Waals surface area contributed by atoms with Gasteiger partial charge in [0.15, 0.2) is 0 Å². The van der Waals surface area contributed by atoms with Crippen molar-refractivity contribution in [3.05, 3.63) is 94.2 Å². The van der Waals surface area contributed by atoms with Crippen LogP contribution in [0.4, 0.5) is 0 Å². The molecule has 1 nitrogen and oxygen atoms in total. The van der Waals surface area contributed by atoms with Gasteiger partial charge in [-0.2, -0.15) is 0 Å². The van der Waals surface area contributed by atoms with Crippen LogP contribution in [0.25, 0.3) is 0 Å². The van der Waals surface area contributed by atoms with E-state index in [0.717, 1.165) is 37.9 Å². The highest BCUT2D eigenvalue weighted by Crippen LogP contribution is 2.33. The van der Waals surface area contributed by atoms with Gasteiger partial charge in [0.1, 0.15) is 0 Å². The summed E-state index contributed by atoms with van der Waals surface area (Å²) < 4.78 is 1.24. The molecule has 0 aromatic carbocycles. The maximum atomic E-state index is 4.29. The molecule has 0 aliphatic heterocycles. The molecule has 0 spiro atoms. The molecule has 1 rings (SSSR count). The molecule has 1 aliphatic rings. The quantitative estimate of drug-likeness (QED) is 0.256. The van der Waals surface area contributed by atoms with E-state index in [1.165, 1.54) is 26.8 Å². The Morgan fingerprint density at radius 2 is 1.91 bits per heavy atom. The molecule has 0 amide bonds. The van der Waals surface area contributed by atoms with Crippen LogP contribution in [-0.2, 0) is 0 Å². The second-order valence-corrected chi connectivity index (χ2v) is 9.82. The Balaban J connectivity index is 0.00000497. The van der Waals surface area contributed by atoms with Crippen LogP contribution in [0.2, 0.25) is 0 Å². The molecule has 0 aromatic rings. The van der Waals surface area contributed by atoms with Gasteiger partial charge < -0.3 is 5.32 Å². The summed E-state index contributed by atoms with van der Waals surface area (Å²) in [5, 5.41) is 3.60. The van der Waals surface area contributed by atoms with Crippen molar-refractivity contribution in [3.63, 3.8) is 0 Å². The molecule has 0 heterocycles. The van der Waals surface area contributed by atoms with Crippen molar-refractivity contribution in [2.45, 2.75) is 81.1 Å². The number of hydrogen-bond donors (Lipinski definition) is 1. The Labute approximate surface area is 214 Å². The van der Waals surface area contributed by atoms with E-state index < -0.39 is 0 Å². The molecule has 1 unspecified atom stereocenters.